The Morgan fingerprint density at radius 3 is 2.73 bits per heavy atom. The van der Waals surface area contributed by atoms with Gasteiger partial charge in [0.15, 0.2) is 0 Å². The summed E-state index contributed by atoms with van der Waals surface area (Å²) in [4.78, 5) is 12.9. The number of carbonyl (C=O) groups excluding carboxylic acids is 1. The Hall–Kier alpha value is -1.22. The first-order valence-electron chi connectivity index (χ1n) is 4.67. The van der Waals surface area contributed by atoms with E-state index in [2.05, 4.69) is 4.74 Å². The summed E-state index contributed by atoms with van der Waals surface area (Å²) in [5.41, 5.74) is 0.920. The Labute approximate surface area is 94.6 Å². The van der Waals surface area contributed by atoms with Crippen LogP contribution >= 0.6 is 11.6 Å². The third-order valence-electron chi connectivity index (χ3n) is 2.14. The molecule has 0 saturated heterocycles. The molecule has 82 valence electrons. The fourth-order valence-electron chi connectivity index (χ4n) is 1.24. The van der Waals surface area contributed by atoms with Crippen molar-refractivity contribution in [2.24, 2.45) is 0 Å². The first-order chi connectivity index (χ1) is 7.15. The highest BCUT2D eigenvalue weighted by Crippen LogP contribution is 2.23. The molecule has 0 N–H and O–H groups in total. The smallest absolute Gasteiger partial charge is 0.307 e. The number of benzene rings is 1. The van der Waals surface area contributed by atoms with Crippen LogP contribution in [-0.4, -0.2) is 26.7 Å². The second-order valence-electron chi connectivity index (χ2n) is 3.20. The van der Waals surface area contributed by atoms with Crippen LogP contribution in [-0.2, 0) is 9.53 Å². The van der Waals surface area contributed by atoms with Gasteiger partial charge in [-0.2, -0.15) is 0 Å². The molecule has 0 atom stereocenters. The molecule has 0 spiro atoms. The summed E-state index contributed by atoms with van der Waals surface area (Å²) in [6.07, 6.45) is 0.359. The molecule has 0 amide bonds. The summed E-state index contributed by atoms with van der Waals surface area (Å²) in [5.74, 6) is -0.214. The molecule has 0 fully saturated rings. The van der Waals surface area contributed by atoms with Gasteiger partial charge in [0.2, 0.25) is 0 Å². The van der Waals surface area contributed by atoms with Crippen molar-refractivity contribution in [3.63, 3.8) is 0 Å². The average Bonchev–Trinajstić information content (AvgIpc) is 2.26. The molecule has 1 aromatic carbocycles. The molecular formula is C11H14ClNO2. The summed E-state index contributed by atoms with van der Waals surface area (Å²) in [6, 6.07) is 7.53. The van der Waals surface area contributed by atoms with Gasteiger partial charge in [0.25, 0.3) is 0 Å². The molecule has 0 radical (unpaired) electrons. The van der Waals surface area contributed by atoms with Crippen LogP contribution in [0, 0.1) is 0 Å². The Bertz CT molecular complexity index is 341. The van der Waals surface area contributed by atoms with Gasteiger partial charge in [-0.15, -0.1) is 0 Å². The van der Waals surface area contributed by atoms with E-state index in [-0.39, 0.29) is 5.97 Å². The van der Waals surface area contributed by atoms with Crippen molar-refractivity contribution >= 4 is 23.3 Å². The predicted molar refractivity (Wildman–Crippen MR) is 61.4 cm³/mol. The SMILES string of the molecule is COC(=O)CCN(C)c1ccccc1Cl. The predicted octanol–water partition coefficient (Wildman–Crippen LogP) is 2.34. The van der Waals surface area contributed by atoms with Gasteiger partial charge in [0.05, 0.1) is 24.2 Å². The van der Waals surface area contributed by atoms with Gasteiger partial charge in [0.1, 0.15) is 0 Å². The Morgan fingerprint density at radius 2 is 2.13 bits per heavy atom. The quantitative estimate of drug-likeness (QED) is 0.740. The zero-order chi connectivity index (χ0) is 11.3. The zero-order valence-corrected chi connectivity index (χ0v) is 9.62. The molecule has 0 aliphatic rings. The first-order valence-corrected chi connectivity index (χ1v) is 5.05. The molecule has 1 rings (SSSR count). The van der Waals surface area contributed by atoms with E-state index < -0.39 is 0 Å². The van der Waals surface area contributed by atoms with Gasteiger partial charge in [-0.3, -0.25) is 4.79 Å². The number of carbonyl (C=O) groups is 1. The first kappa shape index (κ1) is 11.9. The van der Waals surface area contributed by atoms with E-state index in [1.807, 2.05) is 36.2 Å². The highest BCUT2D eigenvalue weighted by molar-refractivity contribution is 6.33. The standard InChI is InChI=1S/C11H14ClNO2/c1-13(8-7-11(14)15-2)10-6-4-3-5-9(10)12/h3-6H,7-8H2,1-2H3. The van der Waals surface area contributed by atoms with E-state index in [9.17, 15) is 4.79 Å². The number of hydrogen-bond donors (Lipinski definition) is 0. The minimum absolute atomic E-state index is 0.214. The van der Waals surface area contributed by atoms with Crippen LogP contribution in [0.15, 0.2) is 24.3 Å². The van der Waals surface area contributed by atoms with Crippen molar-refractivity contribution in [3.8, 4) is 0 Å². The van der Waals surface area contributed by atoms with Crippen LogP contribution < -0.4 is 4.90 Å². The molecule has 0 heterocycles. The molecular weight excluding hydrogens is 214 g/mol. The second kappa shape index (κ2) is 5.61. The van der Waals surface area contributed by atoms with Crippen LogP contribution in [0.4, 0.5) is 5.69 Å². The molecule has 3 nitrogen and oxygen atoms in total. The van der Waals surface area contributed by atoms with E-state index in [1.165, 1.54) is 7.11 Å². The highest BCUT2D eigenvalue weighted by atomic mass is 35.5. The number of nitrogens with zero attached hydrogens (tertiary/aromatic N) is 1. The van der Waals surface area contributed by atoms with Crippen molar-refractivity contribution in [1.82, 2.24) is 0 Å². The fraction of sp³-hybridized carbons (Fsp3) is 0.364. The minimum Gasteiger partial charge on any atom is -0.469 e. The molecule has 4 heteroatoms. The van der Waals surface area contributed by atoms with E-state index >= 15 is 0 Å². The minimum atomic E-state index is -0.214. The van der Waals surface area contributed by atoms with Crippen LogP contribution in [0.25, 0.3) is 0 Å². The van der Waals surface area contributed by atoms with Gasteiger partial charge in [-0.1, -0.05) is 23.7 Å². The Kier molecular flexibility index (Phi) is 4.43. The monoisotopic (exact) mass is 227 g/mol. The lowest BCUT2D eigenvalue weighted by Crippen LogP contribution is -2.21. The number of anilines is 1. The lowest BCUT2D eigenvalue weighted by atomic mass is 10.3. The van der Waals surface area contributed by atoms with Crippen LogP contribution in [0.3, 0.4) is 0 Å². The number of para-hydroxylation sites is 1. The van der Waals surface area contributed by atoms with E-state index in [1.54, 1.807) is 0 Å². The topological polar surface area (TPSA) is 29.5 Å². The number of rotatable bonds is 4. The summed E-state index contributed by atoms with van der Waals surface area (Å²) in [5, 5.41) is 0.685. The van der Waals surface area contributed by atoms with Crippen LogP contribution in [0.5, 0.6) is 0 Å². The number of hydrogen-bond acceptors (Lipinski definition) is 3. The van der Waals surface area contributed by atoms with E-state index in [0.29, 0.717) is 18.0 Å². The average molecular weight is 228 g/mol. The number of methoxy groups -OCH3 is 1. The van der Waals surface area contributed by atoms with Gasteiger partial charge in [0, 0.05) is 13.6 Å². The normalized spacial score (nSPS) is 9.80. The second-order valence-corrected chi connectivity index (χ2v) is 3.61. The maximum Gasteiger partial charge on any atom is 0.307 e. The third kappa shape index (κ3) is 3.44. The van der Waals surface area contributed by atoms with Crippen molar-refractivity contribution in [3.05, 3.63) is 29.3 Å². The van der Waals surface area contributed by atoms with Crippen molar-refractivity contribution in [2.45, 2.75) is 6.42 Å². The lowest BCUT2D eigenvalue weighted by molar-refractivity contribution is -0.140. The maximum atomic E-state index is 11.0. The van der Waals surface area contributed by atoms with Gasteiger partial charge < -0.3 is 9.64 Å². The summed E-state index contributed by atoms with van der Waals surface area (Å²) < 4.78 is 4.57. The highest BCUT2D eigenvalue weighted by Gasteiger charge is 2.07. The number of halogens is 1. The molecule has 0 unspecified atom stereocenters. The molecule has 0 bridgehead atoms. The molecule has 0 aromatic heterocycles. The van der Waals surface area contributed by atoms with Crippen molar-refractivity contribution in [2.75, 3.05) is 25.6 Å². The zero-order valence-electron chi connectivity index (χ0n) is 8.87. The summed E-state index contributed by atoms with van der Waals surface area (Å²) >= 11 is 6.01. The number of esters is 1. The summed E-state index contributed by atoms with van der Waals surface area (Å²) in [6.45, 7) is 0.594. The van der Waals surface area contributed by atoms with Crippen molar-refractivity contribution in [1.29, 1.82) is 0 Å². The largest absolute Gasteiger partial charge is 0.469 e. The molecule has 0 aliphatic heterocycles. The fourth-order valence-corrected chi connectivity index (χ4v) is 1.52. The Balaban J connectivity index is 2.57. The lowest BCUT2D eigenvalue weighted by Gasteiger charge is -2.19. The number of ether oxygens (including phenoxy) is 1. The van der Waals surface area contributed by atoms with Gasteiger partial charge in [-0.05, 0) is 12.1 Å². The molecule has 0 aliphatic carbocycles. The summed E-state index contributed by atoms with van der Waals surface area (Å²) in [7, 11) is 3.28. The van der Waals surface area contributed by atoms with E-state index in [0.717, 1.165) is 5.69 Å². The molecule has 1 aromatic rings. The van der Waals surface area contributed by atoms with Gasteiger partial charge in [-0.25, -0.2) is 0 Å². The third-order valence-corrected chi connectivity index (χ3v) is 2.46. The molecule has 15 heavy (non-hydrogen) atoms. The van der Waals surface area contributed by atoms with Crippen LogP contribution in [0.1, 0.15) is 6.42 Å². The maximum absolute atomic E-state index is 11.0. The Morgan fingerprint density at radius 1 is 1.47 bits per heavy atom. The molecule has 0 saturated carbocycles. The van der Waals surface area contributed by atoms with Crippen LogP contribution in [0.2, 0.25) is 5.02 Å². The van der Waals surface area contributed by atoms with E-state index in [4.69, 9.17) is 11.6 Å². The van der Waals surface area contributed by atoms with Gasteiger partial charge >= 0.3 is 5.97 Å². The van der Waals surface area contributed by atoms with Crippen molar-refractivity contribution < 1.29 is 9.53 Å².